The van der Waals surface area contributed by atoms with Gasteiger partial charge in [-0.2, -0.15) is 4.68 Å². The zero-order chi connectivity index (χ0) is 10.7. The quantitative estimate of drug-likeness (QED) is 0.538. The molecule has 0 aliphatic heterocycles. The van der Waals surface area contributed by atoms with E-state index in [0.29, 0.717) is 6.42 Å². The first-order valence-electron chi connectivity index (χ1n) is 4.19. The van der Waals surface area contributed by atoms with Crippen LogP contribution in [0.25, 0.3) is 0 Å². The summed E-state index contributed by atoms with van der Waals surface area (Å²) in [4.78, 5) is 20.6. The monoisotopic (exact) mass is 197 g/mol. The van der Waals surface area contributed by atoms with Crippen molar-refractivity contribution in [3.05, 3.63) is 22.4 Å². The van der Waals surface area contributed by atoms with Gasteiger partial charge in [-0.05, 0) is 18.8 Å². The summed E-state index contributed by atoms with van der Waals surface area (Å²) in [6.07, 6.45) is 1.84. The third-order valence-electron chi connectivity index (χ3n) is 1.82. The Morgan fingerprint density at radius 1 is 1.79 bits per heavy atom. The van der Waals surface area contributed by atoms with E-state index in [1.807, 2.05) is 0 Å². The molecule has 6 nitrogen and oxygen atoms in total. The van der Waals surface area contributed by atoms with Gasteiger partial charge < -0.3 is 10.1 Å². The topological polar surface area (TPSA) is 78.0 Å². The highest BCUT2D eigenvalue weighted by molar-refractivity contribution is 5.75. The molecular formula is C8H11N3O3. The minimum atomic E-state index is -0.559. The first-order valence-corrected chi connectivity index (χ1v) is 4.19. The van der Waals surface area contributed by atoms with Crippen LogP contribution >= 0.6 is 0 Å². The fourth-order valence-electron chi connectivity index (χ4n) is 1.18. The lowest BCUT2D eigenvalue weighted by Crippen LogP contribution is -2.09. The predicted molar refractivity (Wildman–Crippen MR) is 48.9 cm³/mol. The number of carbonyl (C=O) groups is 1. The Labute approximate surface area is 80.7 Å². The van der Waals surface area contributed by atoms with Crippen molar-refractivity contribution in [2.45, 2.75) is 26.3 Å². The van der Waals surface area contributed by atoms with Gasteiger partial charge in [0, 0.05) is 6.42 Å². The van der Waals surface area contributed by atoms with Crippen LogP contribution in [0.1, 0.15) is 26.3 Å². The lowest BCUT2D eigenvalue weighted by Gasteiger charge is -2.04. The second-order valence-electron chi connectivity index (χ2n) is 3.17. The first kappa shape index (κ1) is 10.4. The highest BCUT2D eigenvalue weighted by Crippen LogP contribution is 2.13. The molecule has 0 fully saturated rings. The van der Waals surface area contributed by atoms with Gasteiger partial charge >= 0.3 is 5.82 Å². The molecule has 0 N–H and O–H groups in total. The summed E-state index contributed by atoms with van der Waals surface area (Å²) in [6.45, 7) is 3.27. The maximum atomic E-state index is 10.8. The molecule has 1 rings (SSSR count). The molecule has 0 radical (unpaired) electrons. The van der Waals surface area contributed by atoms with E-state index >= 15 is 0 Å². The van der Waals surface area contributed by atoms with Crippen LogP contribution in [0, 0.1) is 10.1 Å². The molecule has 1 aromatic rings. The van der Waals surface area contributed by atoms with Gasteiger partial charge in [-0.25, -0.2) is 0 Å². The molecule has 0 saturated heterocycles. The number of nitrogens with zero attached hydrogens (tertiary/aromatic N) is 3. The van der Waals surface area contributed by atoms with Gasteiger partial charge in [0.1, 0.15) is 5.78 Å². The predicted octanol–water partition coefficient (Wildman–Crippen LogP) is 1.33. The molecule has 0 saturated carbocycles. The van der Waals surface area contributed by atoms with Crippen molar-refractivity contribution in [3.63, 3.8) is 0 Å². The molecule has 1 unspecified atom stereocenters. The molecule has 1 heterocycles. The smallest absolute Gasteiger partial charge is 0.358 e. The number of carbonyl (C=O) groups excluding carboxylic acids is 1. The van der Waals surface area contributed by atoms with Crippen LogP contribution in [0.4, 0.5) is 5.82 Å². The average Bonchev–Trinajstić information content (AvgIpc) is 2.50. The van der Waals surface area contributed by atoms with Crippen LogP contribution in [-0.4, -0.2) is 20.5 Å². The van der Waals surface area contributed by atoms with Crippen molar-refractivity contribution >= 4 is 11.6 Å². The van der Waals surface area contributed by atoms with E-state index in [4.69, 9.17) is 0 Å². The molecule has 1 aromatic heterocycles. The zero-order valence-electron chi connectivity index (χ0n) is 8.01. The Balaban J connectivity index is 2.76. The van der Waals surface area contributed by atoms with E-state index < -0.39 is 4.92 Å². The fourth-order valence-corrected chi connectivity index (χ4v) is 1.18. The second-order valence-corrected chi connectivity index (χ2v) is 3.17. The van der Waals surface area contributed by atoms with Crippen molar-refractivity contribution in [3.8, 4) is 0 Å². The van der Waals surface area contributed by atoms with Crippen LogP contribution in [0.2, 0.25) is 0 Å². The van der Waals surface area contributed by atoms with Crippen LogP contribution < -0.4 is 0 Å². The SMILES string of the molecule is CC(=O)CC(C)n1ccc([N+](=O)[O-])n1. The third kappa shape index (κ3) is 2.38. The molecule has 0 amide bonds. The lowest BCUT2D eigenvalue weighted by molar-refractivity contribution is -0.389. The normalized spacial score (nSPS) is 12.4. The van der Waals surface area contributed by atoms with Crippen molar-refractivity contribution in [1.29, 1.82) is 0 Å². The average molecular weight is 197 g/mol. The Bertz CT molecular complexity index is 358. The summed E-state index contributed by atoms with van der Waals surface area (Å²) in [5, 5.41) is 14.0. The van der Waals surface area contributed by atoms with Crippen LogP contribution in [0.3, 0.4) is 0 Å². The van der Waals surface area contributed by atoms with Crippen molar-refractivity contribution in [1.82, 2.24) is 9.78 Å². The Morgan fingerprint density at radius 3 is 2.86 bits per heavy atom. The molecule has 6 heteroatoms. The summed E-state index contributed by atoms with van der Waals surface area (Å²) in [5.41, 5.74) is 0. The van der Waals surface area contributed by atoms with E-state index in [-0.39, 0.29) is 17.6 Å². The standard InChI is InChI=1S/C8H11N3O3/c1-6(5-7(2)12)10-4-3-8(9-10)11(13)14/h3-4,6H,5H2,1-2H3. The molecule has 0 spiro atoms. The molecule has 76 valence electrons. The molecule has 0 bridgehead atoms. The van der Waals surface area contributed by atoms with Crippen molar-refractivity contribution in [2.24, 2.45) is 0 Å². The number of ketones is 1. The Morgan fingerprint density at radius 2 is 2.43 bits per heavy atom. The van der Waals surface area contributed by atoms with Gasteiger partial charge in [0.2, 0.25) is 0 Å². The van der Waals surface area contributed by atoms with E-state index in [9.17, 15) is 14.9 Å². The van der Waals surface area contributed by atoms with Crippen molar-refractivity contribution < 1.29 is 9.72 Å². The lowest BCUT2D eigenvalue weighted by atomic mass is 10.2. The van der Waals surface area contributed by atoms with Gasteiger partial charge in [0.05, 0.1) is 23.4 Å². The fraction of sp³-hybridized carbons (Fsp3) is 0.500. The number of rotatable bonds is 4. The summed E-state index contributed by atoms with van der Waals surface area (Å²) < 4.78 is 1.43. The van der Waals surface area contributed by atoms with E-state index in [2.05, 4.69) is 5.10 Å². The number of hydrogen-bond donors (Lipinski definition) is 0. The van der Waals surface area contributed by atoms with Crippen molar-refractivity contribution in [2.75, 3.05) is 0 Å². The van der Waals surface area contributed by atoms with Crippen LogP contribution in [-0.2, 0) is 4.79 Å². The van der Waals surface area contributed by atoms with Gasteiger partial charge in [0.25, 0.3) is 0 Å². The minimum Gasteiger partial charge on any atom is -0.358 e. The second kappa shape index (κ2) is 3.99. The van der Waals surface area contributed by atoms with E-state index in [1.54, 1.807) is 6.92 Å². The molecule has 1 atom stereocenters. The third-order valence-corrected chi connectivity index (χ3v) is 1.82. The van der Waals surface area contributed by atoms with Gasteiger partial charge in [-0.15, -0.1) is 0 Å². The summed E-state index contributed by atoms with van der Waals surface area (Å²) >= 11 is 0. The van der Waals surface area contributed by atoms with E-state index in [1.165, 1.54) is 23.9 Å². The Hall–Kier alpha value is -1.72. The minimum absolute atomic E-state index is 0.0376. The molecule has 0 aromatic carbocycles. The molecule has 0 aliphatic rings. The zero-order valence-corrected chi connectivity index (χ0v) is 8.01. The number of nitro groups is 1. The highest BCUT2D eigenvalue weighted by atomic mass is 16.6. The molecule has 0 aliphatic carbocycles. The maximum absolute atomic E-state index is 10.8. The first-order chi connectivity index (χ1) is 6.50. The number of Topliss-reactive ketones (excluding diaryl/α,β-unsaturated/α-hetero) is 1. The van der Waals surface area contributed by atoms with Gasteiger partial charge in [-0.1, -0.05) is 0 Å². The van der Waals surface area contributed by atoms with E-state index in [0.717, 1.165) is 0 Å². The Kier molecular flexibility index (Phi) is 2.95. The number of aromatic nitrogens is 2. The number of hydrogen-bond acceptors (Lipinski definition) is 4. The molecule has 14 heavy (non-hydrogen) atoms. The van der Waals surface area contributed by atoms with Crippen LogP contribution in [0.5, 0.6) is 0 Å². The van der Waals surface area contributed by atoms with Gasteiger partial charge in [-0.3, -0.25) is 4.79 Å². The highest BCUT2D eigenvalue weighted by Gasteiger charge is 2.16. The maximum Gasteiger partial charge on any atom is 0.389 e. The molecular weight excluding hydrogens is 186 g/mol. The summed E-state index contributed by atoms with van der Waals surface area (Å²) in [6, 6.07) is 1.18. The summed E-state index contributed by atoms with van der Waals surface area (Å²) in [5.74, 6) is -0.156. The van der Waals surface area contributed by atoms with Gasteiger partial charge in [0.15, 0.2) is 0 Å². The van der Waals surface area contributed by atoms with Crippen LogP contribution in [0.15, 0.2) is 12.3 Å². The largest absolute Gasteiger partial charge is 0.389 e. The summed E-state index contributed by atoms with van der Waals surface area (Å²) in [7, 11) is 0.